The van der Waals surface area contributed by atoms with Gasteiger partial charge in [-0.3, -0.25) is 9.59 Å². The molecule has 0 aliphatic heterocycles. The van der Waals surface area contributed by atoms with Crippen molar-refractivity contribution in [2.24, 2.45) is 5.92 Å². The van der Waals surface area contributed by atoms with Crippen LogP contribution in [0.4, 0.5) is 0 Å². The van der Waals surface area contributed by atoms with Crippen molar-refractivity contribution in [3.8, 4) is 23.0 Å². The SMILES string of the molecule is CCOC(=O)[C@@H]1C(=O)C=C(c2ccc(OC)c(OC)c2)C[C@H]1c1cccc(OC)c1OC. The summed E-state index contributed by atoms with van der Waals surface area (Å²) in [7, 11) is 6.21. The van der Waals surface area contributed by atoms with Crippen molar-refractivity contribution in [3.05, 3.63) is 53.6 Å². The third kappa shape index (κ3) is 4.42. The van der Waals surface area contributed by atoms with Gasteiger partial charge in [-0.05, 0) is 48.8 Å². The van der Waals surface area contributed by atoms with Gasteiger partial charge in [-0.15, -0.1) is 0 Å². The molecule has 0 radical (unpaired) electrons. The highest BCUT2D eigenvalue weighted by molar-refractivity contribution is 6.10. The zero-order valence-electron chi connectivity index (χ0n) is 19.0. The summed E-state index contributed by atoms with van der Waals surface area (Å²) in [4.78, 5) is 26.0. The maximum atomic E-state index is 13.2. The number of methoxy groups -OCH3 is 4. The molecule has 0 bridgehead atoms. The van der Waals surface area contributed by atoms with Crippen molar-refractivity contribution in [3.63, 3.8) is 0 Å². The number of para-hydroxylation sites is 1. The summed E-state index contributed by atoms with van der Waals surface area (Å²) in [6, 6.07) is 10.9. The number of ether oxygens (including phenoxy) is 5. The Morgan fingerprint density at radius 1 is 0.938 bits per heavy atom. The Morgan fingerprint density at radius 2 is 1.66 bits per heavy atom. The molecule has 32 heavy (non-hydrogen) atoms. The Labute approximate surface area is 187 Å². The molecule has 0 spiro atoms. The summed E-state index contributed by atoms with van der Waals surface area (Å²) in [6.45, 7) is 1.91. The van der Waals surface area contributed by atoms with Gasteiger partial charge in [-0.25, -0.2) is 0 Å². The molecule has 7 heteroatoms. The molecule has 1 aliphatic rings. The molecule has 2 atom stereocenters. The zero-order valence-corrected chi connectivity index (χ0v) is 19.0. The van der Waals surface area contributed by atoms with Crippen molar-refractivity contribution < 1.29 is 33.3 Å². The lowest BCUT2D eigenvalue weighted by atomic mass is 9.73. The largest absolute Gasteiger partial charge is 0.493 e. The van der Waals surface area contributed by atoms with Crippen LogP contribution in [0.3, 0.4) is 0 Å². The molecule has 2 aromatic rings. The minimum Gasteiger partial charge on any atom is -0.493 e. The molecule has 7 nitrogen and oxygen atoms in total. The molecule has 0 unspecified atom stereocenters. The second kappa shape index (κ2) is 10.2. The standard InChI is InChI=1S/C25H28O7/c1-6-32-25(27)23-18(17-8-7-9-21(29-3)24(17)31-5)12-16(13-19(23)26)15-10-11-20(28-2)22(14-15)30-4/h7-11,13-14,18,23H,6,12H2,1-5H3/t18-,23-/m0/s1. The van der Waals surface area contributed by atoms with E-state index in [0.29, 0.717) is 35.0 Å². The lowest BCUT2D eigenvalue weighted by molar-refractivity contribution is -0.151. The summed E-state index contributed by atoms with van der Waals surface area (Å²) in [5.74, 6) is -0.141. The van der Waals surface area contributed by atoms with Gasteiger partial charge in [0.25, 0.3) is 0 Å². The first-order valence-electron chi connectivity index (χ1n) is 10.3. The van der Waals surface area contributed by atoms with Gasteiger partial charge < -0.3 is 23.7 Å². The lowest BCUT2D eigenvalue weighted by Gasteiger charge is -2.31. The first-order valence-corrected chi connectivity index (χ1v) is 10.3. The molecule has 0 amide bonds. The first-order chi connectivity index (χ1) is 15.5. The third-order valence-corrected chi connectivity index (χ3v) is 5.59. The van der Waals surface area contributed by atoms with E-state index in [2.05, 4.69) is 0 Å². The minimum atomic E-state index is -0.972. The maximum Gasteiger partial charge on any atom is 0.317 e. The van der Waals surface area contributed by atoms with E-state index in [1.165, 1.54) is 13.2 Å². The molecule has 0 saturated carbocycles. The summed E-state index contributed by atoms with van der Waals surface area (Å²) in [5.41, 5.74) is 2.31. The van der Waals surface area contributed by atoms with Gasteiger partial charge >= 0.3 is 5.97 Å². The number of carbonyl (C=O) groups excluding carboxylic acids is 2. The number of rotatable bonds is 8. The van der Waals surface area contributed by atoms with Crippen LogP contribution in [-0.2, 0) is 14.3 Å². The van der Waals surface area contributed by atoms with Crippen molar-refractivity contribution in [1.29, 1.82) is 0 Å². The number of ketones is 1. The normalized spacial score (nSPS) is 17.9. The van der Waals surface area contributed by atoms with Gasteiger partial charge in [0.2, 0.25) is 0 Å². The second-order valence-electron chi connectivity index (χ2n) is 7.26. The predicted octanol–water partition coefficient (Wildman–Crippen LogP) is 4.04. The average Bonchev–Trinajstić information content (AvgIpc) is 2.82. The fraction of sp³-hybridized carbons (Fsp3) is 0.360. The van der Waals surface area contributed by atoms with E-state index in [-0.39, 0.29) is 12.4 Å². The number of hydrogen-bond donors (Lipinski definition) is 0. The van der Waals surface area contributed by atoms with E-state index in [9.17, 15) is 9.59 Å². The average molecular weight is 440 g/mol. The van der Waals surface area contributed by atoms with E-state index in [1.54, 1.807) is 40.4 Å². The van der Waals surface area contributed by atoms with Gasteiger partial charge in [0.05, 0.1) is 35.0 Å². The number of allylic oxidation sites excluding steroid dienone is 2. The van der Waals surface area contributed by atoms with Gasteiger partial charge in [0.15, 0.2) is 28.8 Å². The van der Waals surface area contributed by atoms with Crippen LogP contribution in [0.25, 0.3) is 5.57 Å². The van der Waals surface area contributed by atoms with Crippen LogP contribution in [0.5, 0.6) is 23.0 Å². The van der Waals surface area contributed by atoms with Crippen molar-refractivity contribution in [2.75, 3.05) is 35.0 Å². The molecule has 0 saturated heterocycles. The third-order valence-electron chi connectivity index (χ3n) is 5.59. The molecule has 2 aromatic carbocycles. The molecule has 0 fully saturated rings. The molecule has 0 aromatic heterocycles. The van der Waals surface area contributed by atoms with Crippen LogP contribution in [0.2, 0.25) is 0 Å². The van der Waals surface area contributed by atoms with Crippen molar-refractivity contribution >= 4 is 17.3 Å². The van der Waals surface area contributed by atoms with Gasteiger partial charge in [0.1, 0.15) is 5.92 Å². The Kier molecular flexibility index (Phi) is 7.41. The van der Waals surface area contributed by atoms with E-state index >= 15 is 0 Å². The molecule has 1 aliphatic carbocycles. The summed E-state index contributed by atoms with van der Waals surface area (Å²) >= 11 is 0. The van der Waals surface area contributed by atoms with Crippen LogP contribution in [-0.4, -0.2) is 46.8 Å². The molecule has 3 rings (SSSR count). The molecule has 0 N–H and O–H groups in total. The Hall–Kier alpha value is -3.48. The number of benzene rings is 2. The zero-order chi connectivity index (χ0) is 23.3. The lowest BCUT2D eigenvalue weighted by Crippen LogP contribution is -2.34. The first kappa shape index (κ1) is 23.2. The van der Waals surface area contributed by atoms with E-state index in [0.717, 1.165) is 11.1 Å². The highest BCUT2D eigenvalue weighted by atomic mass is 16.5. The van der Waals surface area contributed by atoms with Crippen LogP contribution in [0.15, 0.2) is 42.5 Å². The van der Waals surface area contributed by atoms with E-state index < -0.39 is 17.8 Å². The minimum absolute atomic E-state index is 0.191. The quantitative estimate of drug-likeness (QED) is 0.453. The van der Waals surface area contributed by atoms with Crippen LogP contribution in [0.1, 0.15) is 30.4 Å². The summed E-state index contributed by atoms with van der Waals surface area (Å²) in [5, 5.41) is 0. The number of carbonyl (C=O) groups is 2. The topological polar surface area (TPSA) is 80.3 Å². The van der Waals surface area contributed by atoms with E-state index in [4.69, 9.17) is 23.7 Å². The van der Waals surface area contributed by atoms with Crippen LogP contribution in [0, 0.1) is 5.92 Å². The summed E-state index contributed by atoms with van der Waals surface area (Å²) < 4.78 is 27.0. The molecular formula is C25H28O7. The fourth-order valence-electron chi connectivity index (χ4n) is 4.12. The Bertz CT molecular complexity index is 1020. The predicted molar refractivity (Wildman–Crippen MR) is 120 cm³/mol. The highest BCUT2D eigenvalue weighted by Crippen LogP contribution is 2.46. The number of hydrogen-bond acceptors (Lipinski definition) is 7. The highest BCUT2D eigenvalue weighted by Gasteiger charge is 2.41. The van der Waals surface area contributed by atoms with Crippen LogP contribution < -0.4 is 18.9 Å². The monoisotopic (exact) mass is 440 g/mol. The Balaban J connectivity index is 2.12. The van der Waals surface area contributed by atoms with Crippen LogP contribution >= 0.6 is 0 Å². The van der Waals surface area contributed by atoms with E-state index in [1.807, 2.05) is 24.3 Å². The Morgan fingerprint density at radius 3 is 2.28 bits per heavy atom. The molecule has 170 valence electrons. The van der Waals surface area contributed by atoms with Crippen molar-refractivity contribution in [1.82, 2.24) is 0 Å². The van der Waals surface area contributed by atoms with Gasteiger partial charge in [-0.2, -0.15) is 0 Å². The fourth-order valence-corrected chi connectivity index (χ4v) is 4.12. The molecule has 0 heterocycles. The second-order valence-corrected chi connectivity index (χ2v) is 7.26. The van der Waals surface area contributed by atoms with Gasteiger partial charge in [-0.1, -0.05) is 18.2 Å². The number of esters is 1. The van der Waals surface area contributed by atoms with Gasteiger partial charge in [0, 0.05) is 11.5 Å². The smallest absolute Gasteiger partial charge is 0.317 e. The molecular weight excluding hydrogens is 412 g/mol. The van der Waals surface area contributed by atoms with Crippen molar-refractivity contribution in [2.45, 2.75) is 19.3 Å². The summed E-state index contributed by atoms with van der Waals surface area (Å²) in [6.07, 6.45) is 1.94. The maximum absolute atomic E-state index is 13.2.